The second-order valence-corrected chi connectivity index (χ2v) is 5.02. The number of nitrogens with zero attached hydrogens (tertiary/aromatic N) is 2. The summed E-state index contributed by atoms with van der Waals surface area (Å²) in [6, 6.07) is 4.79. The Hall–Kier alpha value is -1.75. The lowest BCUT2D eigenvalue weighted by atomic mass is 10.1. The molecule has 0 spiro atoms. The summed E-state index contributed by atoms with van der Waals surface area (Å²) in [4.78, 5) is 26.4. The van der Waals surface area contributed by atoms with Crippen molar-refractivity contribution in [2.24, 2.45) is 0 Å². The van der Waals surface area contributed by atoms with Gasteiger partial charge in [0, 0.05) is 24.9 Å². The van der Waals surface area contributed by atoms with Crippen LogP contribution in [0.1, 0.15) is 44.2 Å². The fourth-order valence-electron chi connectivity index (χ4n) is 2.19. The highest BCUT2D eigenvalue weighted by Gasteiger charge is 2.21. The first kappa shape index (κ1) is 16.3. The molecule has 2 heterocycles. The molecule has 1 aromatic heterocycles. The van der Waals surface area contributed by atoms with E-state index in [0.717, 1.165) is 0 Å². The molecule has 1 fully saturated rings. The van der Waals surface area contributed by atoms with Crippen LogP contribution >= 0.6 is 0 Å². The Balaban J connectivity index is 0.000000221. The van der Waals surface area contributed by atoms with Crippen LogP contribution in [0, 0.1) is 0 Å². The fraction of sp³-hybridized carbons (Fsp3) is 0.533. The van der Waals surface area contributed by atoms with Crippen molar-refractivity contribution >= 4 is 11.8 Å². The van der Waals surface area contributed by atoms with E-state index in [0.29, 0.717) is 6.04 Å². The quantitative estimate of drug-likeness (QED) is 0.915. The van der Waals surface area contributed by atoms with E-state index in [1.807, 2.05) is 18.5 Å². The Kier molecular flexibility index (Phi) is 6.87. The minimum absolute atomic E-state index is 0.0463. The van der Waals surface area contributed by atoms with Crippen LogP contribution < -0.4 is 0 Å². The first-order valence-corrected chi connectivity index (χ1v) is 6.82. The summed E-state index contributed by atoms with van der Waals surface area (Å²) in [5.74, 6) is -0.993. The number of carbonyl (C=O) groups excluding carboxylic acids is 1. The highest BCUT2D eigenvalue weighted by Crippen LogP contribution is 2.29. The van der Waals surface area contributed by atoms with Gasteiger partial charge in [0.05, 0.1) is 6.42 Å². The summed E-state index contributed by atoms with van der Waals surface area (Å²) in [6.07, 6.45) is 6.51. The molecule has 5 heteroatoms. The van der Waals surface area contributed by atoms with Gasteiger partial charge in [-0.05, 0) is 45.0 Å². The van der Waals surface area contributed by atoms with E-state index in [1.165, 1.54) is 31.9 Å². The minimum Gasteiger partial charge on any atom is -0.481 e. The SMILES string of the molecule is CC(=O)CCC(=O)O.CN1CCCC1c1cccnc1. The number of aliphatic carboxylic acids is 1. The van der Waals surface area contributed by atoms with Gasteiger partial charge in [0.15, 0.2) is 0 Å². The fourth-order valence-corrected chi connectivity index (χ4v) is 2.19. The molecule has 5 nitrogen and oxygen atoms in total. The number of rotatable bonds is 4. The van der Waals surface area contributed by atoms with Crippen LogP contribution in [0.15, 0.2) is 24.5 Å². The van der Waals surface area contributed by atoms with Gasteiger partial charge < -0.3 is 9.90 Å². The first-order chi connectivity index (χ1) is 9.50. The Morgan fingerprint density at radius 3 is 2.60 bits per heavy atom. The number of carboxylic acid groups (broad SMARTS) is 1. The molecule has 0 amide bonds. The predicted octanol–water partition coefficient (Wildman–Crippen LogP) is 2.29. The third-order valence-electron chi connectivity index (χ3n) is 3.28. The van der Waals surface area contributed by atoms with Gasteiger partial charge in [-0.2, -0.15) is 0 Å². The summed E-state index contributed by atoms with van der Waals surface area (Å²) in [5.41, 5.74) is 1.36. The average Bonchev–Trinajstić information content (AvgIpc) is 2.84. The molecule has 0 aromatic carbocycles. The van der Waals surface area contributed by atoms with Gasteiger partial charge in [0.1, 0.15) is 5.78 Å². The third kappa shape index (κ3) is 5.93. The van der Waals surface area contributed by atoms with Crippen LogP contribution in [0.4, 0.5) is 0 Å². The molecule has 0 aliphatic carbocycles. The van der Waals surface area contributed by atoms with E-state index in [1.54, 1.807) is 0 Å². The Bertz CT molecular complexity index is 420. The van der Waals surface area contributed by atoms with E-state index in [4.69, 9.17) is 5.11 Å². The van der Waals surface area contributed by atoms with Gasteiger partial charge in [-0.3, -0.25) is 14.7 Å². The van der Waals surface area contributed by atoms with Crippen molar-refractivity contribution in [1.82, 2.24) is 9.88 Å². The maximum Gasteiger partial charge on any atom is 0.303 e. The van der Waals surface area contributed by atoms with Crippen molar-refractivity contribution in [2.75, 3.05) is 13.6 Å². The van der Waals surface area contributed by atoms with Gasteiger partial charge in [0.2, 0.25) is 0 Å². The standard InChI is InChI=1S/C10H14N2.C5H8O3/c1-12-7-3-5-10(12)9-4-2-6-11-8-9;1-4(6)2-3-5(7)8/h2,4,6,8,10H,3,5,7H2,1H3;2-3H2,1H3,(H,7,8). The Morgan fingerprint density at radius 1 is 1.45 bits per heavy atom. The number of hydrogen-bond acceptors (Lipinski definition) is 4. The smallest absolute Gasteiger partial charge is 0.303 e. The highest BCUT2D eigenvalue weighted by molar-refractivity contribution is 5.80. The summed E-state index contributed by atoms with van der Waals surface area (Å²) in [6.45, 7) is 2.60. The summed E-state index contributed by atoms with van der Waals surface area (Å²) >= 11 is 0. The molecule has 1 atom stereocenters. The van der Waals surface area contributed by atoms with Crippen LogP contribution in [0.25, 0.3) is 0 Å². The van der Waals surface area contributed by atoms with E-state index >= 15 is 0 Å². The molecule has 0 radical (unpaired) electrons. The normalized spacial score (nSPS) is 18.2. The number of pyridine rings is 1. The molecular formula is C15H22N2O3. The number of carbonyl (C=O) groups is 2. The van der Waals surface area contributed by atoms with E-state index < -0.39 is 5.97 Å². The molecule has 0 saturated carbocycles. The van der Waals surface area contributed by atoms with Gasteiger partial charge >= 0.3 is 5.97 Å². The van der Waals surface area contributed by atoms with Gasteiger partial charge in [-0.25, -0.2) is 0 Å². The molecule has 1 unspecified atom stereocenters. The van der Waals surface area contributed by atoms with Crippen molar-refractivity contribution in [2.45, 2.75) is 38.6 Å². The lowest BCUT2D eigenvalue weighted by molar-refractivity contribution is -0.138. The zero-order valence-corrected chi connectivity index (χ0v) is 12.1. The minimum atomic E-state index is -0.916. The predicted molar refractivity (Wildman–Crippen MR) is 76.4 cm³/mol. The molecule has 1 aliphatic rings. The molecular weight excluding hydrogens is 256 g/mol. The van der Waals surface area contributed by atoms with Gasteiger partial charge in [-0.15, -0.1) is 0 Å². The van der Waals surface area contributed by atoms with E-state index in [-0.39, 0.29) is 18.6 Å². The third-order valence-corrected chi connectivity index (χ3v) is 3.28. The molecule has 2 rings (SSSR count). The number of ketones is 1. The molecule has 1 saturated heterocycles. The van der Waals surface area contributed by atoms with Gasteiger partial charge in [-0.1, -0.05) is 6.07 Å². The second-order valence-electron chi connectivity index (χ2n) is 5.02. The van der Waals surface area contributed by atoms with Crippen LogP contribution in [-0.2, 0) is 9.59 Å². The summed E-state index contributed by atoms with van der Waals surface area (Å²) in [5, 5.41) is 8.01. The maximum atomic E-state index is 10.1. The molecule has 1 aromatic rings. The number of likely N-dealkylation sites (tertiary alicyclic amines) is 1. The van der Waals surface area contributed by atoms with Crippen molar-refractivity contribution in [3.63, 3.8) is 0 Å². The highest BCUT2D eigenvalue weighted by atomic mass is 16.4. The average molecular weight is 278 g/mol. The van der Waals surface area contributed by atoms with Crippen LogP contribution in [0.5, 0.6) is 0 Å². The van der Waals surface area contributed by atoms with Crippen molar-refractivity contribution < 1.29 is 14.7 Å². The van der Waals surface area contributed by atoms with Crippen molar-refractivity contribution in [3.05, 3.63) is 30.1 Å². The van der Waals surface area contributed by atoms with Crippen LogP contribution in [0.2, 0.25) is 0 Å². The van der Waals surface area contributed by atoms with Crippen molar-refractivity contribution in [3.8, 4) is 0 Å². The van der Waals surface area contributed by atoms with E-state index in [2.05, 4.69) is 23.0 Å². The lowest BCUT2D eigenvalue weighted by Gasteiger charge is -2.18. The molecule has 1 aliphatic heterocycles. The Labute approximate surface area is 119 Å². The topological polar surface area (TPSA) is 70.5 Å². The summed E-state index contributed by atoms with van der Waals surface area (Å²) in [7, 11) is 2.19. The van der Waals surface area contributed by atoms with Crippen molar-refractivity contribution in [1.29, 1.82) is 0 Å². The molecule has 110 valence electrons. The molecule has 0 bridgehead atoms. The largest absolute Gasteiger partial charge is 0.481 e. The monoisotopic (exact) mass is 278 g/mol. The number of carboxylic acids is 1. The number of hydrogen-bond donors (Lipinski definition) is 1. The molecule has 20 heavy (non-hydrogen) atoms. The number of Topliss-reactive ketones (excluding diaryl/α,β-unsaturated/α-hetero) is 1. The zero-order chi connectivity index (χ0) is 15.0. The second kappa shape index (κ2) is 8.43. The maximum absolute atomic E-state index is 10.1. The zero-order valence-electron chi connectivity index (χ0n) is 12.1. The van der Waals surface area contributed by atoms with Gasteiger partial charge in [0.25, 0.3) is 0 Å². The summed E-state index contributed by atoms with van der Waals surface area (Å²) < 4.78 is 0. The van der Waals surface area contributed by atoms with Crippen LogP contribution in [-0.4, -0.2) is 40.3 Å². The molecule has 1 N–H and O–H groups in total. The Morgan fingerprint density at radius 2 is 2.20 bits per heavy atom. The first-order valence-electron chi connectivity index (χ1n) is 6.82. The lowest BCUT2D eigenvalue weighted by Crippen LogP contribution is -2.17. The van der Waals surface area contributed by atoms with Crippen LogP contribution in [0.3, 0.4) is 0 Å². The number of aromatic nitrogens is 1. The van der Waals surface area contributed by atoms with E-state index in [9.17, 15) is 9.59 Å².